The average Bonchev–Trinajstić information content (AvgIpc) is 2.71. The molecule has 0 aliphatic carbocycles. The number of guanidine groups is 1. The molecule has 0 saturated heterocycles. The fourth-order valence-electron chi connectivity index (χ4n) is 2.96. The number of hydrogen-bond acceptors (Lipinski definition) is 2. The molecular weight excluding hydrogens is 482 g/mol. The maximum absolute atomic E-state index is 13.0. The predicted octanol–water partition coefficient (Wildman–Crippen LogP) is 4.13. The van der Waals surface area contributed by atoms with E-state index < -0.39 is 0 Å². The minimum atomic E-state index is -0.239. The van der Waals surface area contributed by atoms with Gasteiger partial charge in [-0.15, -0.1) is 24.0 Å². The van der Waals surface area contributed by atoms with Crippen molar-refractivity contribution in [2.45, 2.75) is 26.9 Å². The summed E-state index contributed by atoms with van der Waals surface area (Å²) in [6.07, 6.45) is 0. The van der Waals surface area contributed by atoms with E-state index in [-0.39, 0.29) is 35.7 Å². The van der Waals surface area contributed by atoms with Crippen molar-refractivity contribution in [2.24, 2.45) is 4.99 Å². The number of nitrogens with one attached hydrogen (secondary N) is 1. The quantitative estimate of drug-likeness (QED) is 0.345. The summed E-state index contributed by atoms with van der Waals surface area (Å²) in [6, 6.07) is 14.1. The zero-order valence-corrected chi connectivity index (χ0v) is 19.8. The van der Waals surface area contributed by atoms with Crippen LogP contribution in [0.5, 0.6) is 0 Å². The highest BCUT2D eigenvalue weighted by atomic mass is 127. The van der Waals surface area contributed by atoms with Crippen LogP contribution in [0.25, 0.3) is 0 Å². The highest BCUT2D eigenvalue weighted by Crippen LogP contribution is 2.09. The monoisotopic (exact) mass is 512 g/mol. The van der Waals surface area contributed by atoms with Crippen LogP contribution in [-0.4, -0.2) is 48.9 Å². The van der Waals surface area contributed by atoms with E-state index in [1.54, 1.807) is 24.1 Å². The Morgan fingerprint density at radius 2 is 1.55 bits per heavy atom. The number of nitrogens with zero attached hydrogens (tertiary/aromatic N) is 3. The smallest absolute Gasteiger partial charge is 0.253 e. The number of aliphatic imine (C=N–C) groups is 1. The van der Waals surface area contributed by atoms with Gasteiger partial charge in [0, 0.05) is 45.8 Å². The van der Waals surface area contributed by atoms with Gasteiger partial charge >= 0.3 is 0 Å². The zero-order chi connectivity index (χ0) is 20.5. The van der Waals surface area contributed by atoms with Gasteiger partial charge in [-0.25, -0.2) is 4.39 Å². The molecule has 0 aliphatic rings. The highest BCUT2D eigenvalue weighted by molar-refractivity contribution is 14.0. The molecule has 0 radical (unpaired) electrons. The first-order valence-corrected chi connectivity index (χ1v) is 9.52. The Labute approximate surface area is 190 Å². The molecule has 29 heavy (non-hydrogen) atoms. The van der Waals surface area contributed by atoms with Crippen molar-refractivity contribution < 1.29 is 9.18 Å². The largest absolute Gasteiger partial charge is 0.352 e. The van der Waals surface area contributed by atoms with Crippen LogP contribution in [0, 0.1) is 5.82 Å². The summed E-state index contributed by atoms with van der Waals surface area (Å²) in [5.41, 5.74) is 2.77. The molecule has 0 saturated carbocycles. The molecule has 5 nitrogen and oxygen atoms in total. The second-order valence-corrected chi connectivity index (χ2v) is 6.56. The van der Waals surface area contributed by atoms with E-state index in [4.69, 9.17) is 0 Å². The molecule has 1 N–H and O–H groups in total. The average molecular weight is 512 g/mol. The molecule has 0 atom stereocenters. The first-order valence-electron chi connectivity index (χ1n) is 9.52. The Balaban J connectivity index is 0.00000420. The first kappa shape index (κ1) is 24.9. The standard InChI is InChI=1S/C22H29FN4O.HI/c1-5-27(6-2)21(28)19-11-7-17(8-12-19)15-25-22(24-3)26(4)16-18-9-13-20(23)14-10-18;/h7-14H,5-6,15-16H2,1-4H3,(H,24,25);1H. The number of amides is 1. The van der Waals surface area contributed by atoms with Gasteiger partial charge in [0.05, 0.1) is 0 Å². The summed E-state index contributed by atoms with van der Waals surface area (Å²) >= 11 is 0. The van der Waals surface area contributed by atoms with Crippen LogP contribution >= 0.6 is 24.0 Å². The van der Waals surface area contributed by atoms with Gasteiger partial charge in [-0.05, 0) is 49.2 Å². The predicted molar refractivity (Wildman–Crippen MR) is 127 cm³/mol. The van der Waals surface area contributed by atoms with E-state index >= 15 is 0 Å². The summed E-state index contributed by atoms with van der Waals surface area (Å²) in [6.45, 7) is 6.59. The fourth-order valence-corrected chi connectivity index (χ4v) is 2.96. The summed E-state index contributed by atoms with van der Waals surface area (Å²) in [5, 5.41) is 3.32. The van der Waals surface area contributed by atoms with Gasteiger partial charge in [-0.2, -0.15) is 0 Å². The maximum atomic E-state index is 13.0. The van der Waals surface area contributed by atoms with E-state index in [0.29, 0.717) is 31.7 Å². The Bertz CT molecular complexity index is 789. The molecule has 0 fully saturated rings. The van der Waals surface area contributed by atoms with Crippen molar-refractivity contribution in [1.82, 2.24) is 15.1 Å². The van der Waals surface area contributed by atoms with Gasteiger partial charge in [-0.1, -0.05) is 24.3 Å². The molecule has 0 unspecified atom stereocenters. The van der Waals surface area contributed by atoms with Gasteiger partial charge in [0.2, 0.25) is 0 Å². The number of halogens is 2. The summed E-state index contributed by atoms with van der Waals surface area (Å²) in [4.78, 5) is 20.5. The Morgan fingerprint density at radius 3 is 2.07 bits per heavy atom. The molecule has 0 heterocycles. The minimum absolute atomic E-state index is 0. The van der Waals surface area contributed by atoms with Gasteiger partial charge in [0.1, 0.15) is 5.82 Å². The lowest BCUT2D eigenvalue weighted by molar-refractivity contribution is 0.0773. The summed E-state index contributed by atoms with van der Waals surface area (Å²) in [7, 11) is 3.67. The maximum Gasteiger partial charge on any atom is 0.253 e. The van der Waals surface area contributed by atoms with Crippen molar-refractivity contribution in [3.05, 3.63) is 71.0 Å². The molecule has 2 aromatic rings. The molecule has 1 amide bonds. The third-order valence-electron chi connectivity index (χ3n) is 4.61. The van der Waals surface area contributed by atoms with Gasteiger partial charge in [0.15, 0.2) is 5.96 Å². The van der Waals surface area contributed by atoms with Crippen molar-refractivity contribution in [1.29, 1.82) is 0 Å². The molecule has 2 aromatic carbocycles. The Kier molecular flexibility index (Phi) is 10.6. The van der Waals surface area contributed by atoms with Crippen molar-refractivity contribution in [2.75, 3.05) is 27.2 Å². The fraction of sp³-hybridized carbons (Fsp3) is 0.364. The number of carbonyl (C=O) groups excluding carboxylic acids is 1. The second-order valence-electron chi connectivity index (χ2n) is 6.56. The number of carbonyl (C=O) groups is 1. The Hall–Kier alpha value is -2.16. The topological polar surface area (TPSA) is 47.9 Å². The van der Waals surface area contributed by atoms with Crippen LogP contribution < -0.4 is 5.32 Å². The molecule has 158 valence electrons. The lowest BCUT2D eigenvalue weighted by Crippen LogP contribution is -2.38. The molecule has 7 heteroatoms. The lowest BCUT2D eigenvalue weighted by atomic mass is 10.1. The number of benzene rings is 2. The van der Waals surface area contributed by atoms with E-state index in [0.717, 1.165) is 17.1 Å². The lowest BCUT2D eigenvalue weighted by Gasteiger charge is -2.22. The van der Waals surface area contributed by atoms with E-state index in [2.05, 4.69) is 10.3 Å². The van der Waals surface area contributed by atoms with Crippen LogP contribution in [-0.2, 0) is 13.1 Å². The number of rotatable bonds is 7. The molecule has 2 rings (SSSR count). The molecule has 0 spiro atoms. The second kappa shape index (κ2) is 12.4. The summed E-state index contributed by atoms with van der Waals surface area (Å²) in [5.74, 6) is 0.559. The van der Waals surface area contributed by atoms with Gasteiger partial charge < -0.3 is 15.1 Å². The van der Waals surface area contributed by atoms with E-state index in [1.165, 1.54) is 12.1 Å². The van der Waals surface area contributed by atoms with Crippen molar-refractivity contribution >= 4 is 35.8 Å². The van der Waals surface area contributed by atoms with E-state index in [1.807, 2.05) is 50.1 Å². The molecule has 0 aliphatic heterocycles. The van der Waals surface area contributed by atoms with Gasteiger partial charge in [0.25, 0.3) is 5.91 Å². The Morgan fingerprint density at radius 1 is 1.00 bits per heavy atom. The third kappa shape index (κ3) is 7.30. The van der Waals surface area contributed by atoms with Gasteiger partial charge in [-0.3, -0.25) is 9.79 Å². The SMILES string of the molecule is CCN(CC)C(=O)c1ccc(CNC(=NC)N(C)Cc2ccc(F)cc2)cc1.I. The molecular formula is C22H30FIN4O. The van der Waals surface area contributed by atoms with Crippen molar-refractivity contribution in [3.8, 4) is 0 Å². The summed E-state index contributed by atoms with van der Waals surface area (Å²) < 4.78 is 13.0. The number of hydrogen-bond donors (Lipinski definition) is 1. The van der Waals surface area contributed by atoms with Crippen LogP contribution in [0.1, 0.15) is 35.3 Å². The molecule has 0 bridgehead atoms. The highest BCUT2D eigenvalue weighted by Gasteiger charge is 2.12. The van der Waals surface area contributed by atoms with Crippen LogP contribution in [0.15, 0.2) is 53.5 Å². The van der Waals surface area contributed by atoms with Crippen molar-refractivity contribution in [3.63, 3.8) is 0 Å². The van der Waals surface area contributed by atoms with Crippen LogP contribution in [0.2, 0.25) is 0 Å². The third-order valence-corrected chi connectivity index (χ3v) is 4.61. The van der Waals surface area contributed by atoms with Crippen LogP contribution in [0.3, 0.4) is 0 Å². The normalized spacial score (nSPS) is 10.9. The zero-order valence-electron chi connectivity index (χ0n) is 17.5. The molecule has 0 aromatic heterocycles. The van der Waals surface area contributed by atoms with Crippen LogP contribution in [0.4, 0.5) is 4.39 Å². The first-order chi connectivity index (χ1) is 13.5. The minimum Gasteiger partial charge on any atom is -0.352 e. The van der Waals surface area contributed by atoms with E-state index in [9.17, 15) is 9.18 Å².